The Morgan fingerprint density at radius 2 is 2.23 bits per heavy atom. The molecule has 2 atom stereocenters. The molecule has 0 aromatic heterocycles. The van der Waals surface area contributed by atoms with Crippen molar-refractivity contribution in [1.82, 2.24) is 5.32 Å². The lowest BCUT2D eigenvalue weighted by atomic mass is 10.1. The van der Waals surface area contributed by atoms with Crippen molar-refractivity contribution in [3.8, 4) is 0 Å². The van der Waals surface area contributed by atoms with Crippen molar-refractivity contribution in [2.24, 2.45) is 0 Å². The van der Waals surface area contributed by atoms with Crippen LogP contribution < -0.4 is 5.32 Å². The van der Waals surface area contributed by atoms with Crippen molar-refractivity contribution < 1.29 is 13.5 Å². The number of sulfone groups is 1. The highest BCUT2D eigenvalue weighted by Crippen LogP contribution is 2.10. The first-order chi connectivity index (χ1) is 5.49. The van der Waals surface area contributed by atoms with E-state index in [4.69, 9.17) is 0 Å². The first-order valence-corrected chi connectivity index (χ1v) is 6.14. The maximum Gasteiger partial charge on any atom is 0.150 e. The van der Waals surface area contributed by atoms with Gasteiger partial charge in [0.1, 0.15) is 9.84 Å². The molecule has 0 bridgehead atoms. The van der Waals surface area contributed by atoms with Crippen LogP contribution in [0.15, 0.2) is 0 Å². The van der Waals surface area contributed by atoms with Crippen molar-refractivity contribution in [2.45, 2.75) is 25.0 Å². The summed E-state index contributed by atoms with van der Waals surface area (Å²) in [6.07, 6.45) is 2.29. The van der Waals surface area contributed by atoms with E-state index in [1.54, 1.807) is 0 Å². The van der Waals surface area contributed by atoms with Crippen LogP contribution >= 0.6 is 12.4 Å². The Hall–Kier alpha value is 0.160. The molecular formula is C7H16ClNO3S. The van der Waals surface area contributed by atoms with Gasteiger partial charge in [-0.2, -0.15) is 0 Å². The third-order valence-electron chi connectivity index (χ3n) is 2.04. The van der Waals surface area contributed by atoms with Crippen LogP contribution in [-0.2, 0) is 9.84 Å². The summed E-state index contributed by atoms with van der Waals surface area (Å²) < 4.78 is 21.6. The van der Waals surface area contributed by atoms with E-state index in [1.165, 1.54) is 0 Å². The van der Waals surface area contributed by atoms with Gasteiger partial charge in [-0.25, -0.2) is 8.42 Å². The largest absolute Gasteiger partial charge is 0.390 e. The topological polar surface area (TPSA) is 66.4 Å². The highest BCUT2D eigenvalue weighted by molar-refractivity contribution is 7.90. The molecule has 1 rings (SSSR count). The summed E-state index contributed by atoms with van der Waals surface area (Å²) in [4.78, 5) is 0. The fraction of sp³-hybridized carbons (Fsp3) is 1.00. The van der Waals surface area contributed by atoms with Crippen LogP contribution in [0.4, 0.5) is 0 Å². The number of nitrogens with one attached hydrogen (secondary N) is 1. The molecule has 0 amide bonds. The third kappa shape index (κ3) is 4.81. The van der Waals surface area contributed by atoms with E-state index < -0.39 is 15.9 Å². The molecule has 1 saturated heterocycles. The number of aliphatic hydroxyl groups excluding tert-OH is 1. The molecular weight excluding hydrogens is 214 g/mol. The Labute approximate surface area is 85.0 Å². The van der Waals surface area contributed by atoms with Gasteiger partial charge >= 0.3 is 0 Å². The Bertz CT molecular complexity index is 236. The summed E-state index contributed by atoms with van der Waals surface area (Å²) in [5.74, 6) is -0.134. The number of halogens is 1. The molecule has 0 aromatic rings. The number of hydrogen-bond acceptors (Lipinski definition) is 4. The second-order valence-electron chi connectivity index (χ2n) is 3.36. The van der Waals surface area contributed by atoms with Gasteiger partial charge in [0.25, 0.3) is 0 Å². The van der Waals surface area contributed by atoms with E-state index in [-0.39, 0.29) is 24.2 Å². The predicted octanol–water partition coefficient (Wildman–Crippen LogP) is -0.434. The Kier molecular flexibility index (Phi) is 5.21. The molecule has 1 heterocycles. The molecule has 0 aromatic carbocycles. The zero-order valence-electron chi connectivity index (χ0n) is 7.56. The van der Waals surface area contributed by atoms with Crippen molar-refractivity contribution in [3.63, 3.8) is 0 Å². The van der Waals surface area contributed by atoms with Crippen LogP contribution in [0.25, 0.3) is 0 Å². The van der Waals surface area contributed by atoms with Crippen LogP contribution in [0.1, 0.15) is 12.8 Å². The van der Waals surface area contributed by atoms with Gasteiger partial charge < -0.3 is 10.4 Å². The van der Waals surface area contributed by atoms with Crippen LogP contribution in [0.5, 0.6) is 0 Å². The predicted molar refractivity (Wildman–Crippen MR) is 54.0 cm³/mol. The van der Waals surface area contributed by atoms with E-state index in [1.807, 2.05) is 0 Å². The minimum absolute atomic E-state index is 0. The van der Waals surface area contributed by atoms with Gasteiger partial charge in [0.2, 0.25) is 0 Å². The van der Waals surface area contributed by atoms with Gasteiger partial charge in [-0.15, -0.1) is 12.4 Å². The lowest BCUT2D eigenvalue weighted by Gasteiger charge is -2.16. The molecule has 13 heavy (non-hydrogen) atoms. The maximum atomic E-state index is 10.8. The average molecular weight is 230 g/mol. The van der Waals surface area contributed by atoms with Gasteiger partial charge in [0, 0.05) is 12.3 Å². The zero-order valence-corrected chi connectivity index (χ0v) is 9.20. The molecule has 1 aliphatic heterocycles. The zero-order chi connectivity index (χ0) is 9.19. The Balaban J connectivity index is 0.00000144. The molecule has 80 valence electrons. The molecule has 1 fully saturated rings. The number of hydrogen-bond donors (Lipinski definition) is 2. The second-order valence-corrected chi connectivity index (χ2v) is 5.55. The minimum atomic E-state index is -3.05. The fourth-order valence-electron chi connectivity index (χ4n) is 1.47. The van der Waals surface area contributed by atoms with Gasteiger partial charge in [0.05, 0.1) is 11.9 Å². The SMILES string of the molecule is CS(=O)(=O)CC(O)[C@@H]1CCCN1.Cl. The molecule has 0 aliphatic carbocycles. The lowest BCUT2D eigenvalue weighted by molar-refractivity contribution is 0.157. The fourth-order valence-corrected chi connectivity index (χ4v) is 2.32. The van der Waals surface area contributed by atoms with Crippen molar-refractivity contribution >= 4 is 22.2 Å². The van der Waals surface area contributed by atoms with Crippen LogP contribution in [-0.4, -0.2) is 44.2 Å². The van der Waals surface area contributed by atoms with E-state index in [0.29, 0.717) is 0 Å². The highest BCUT2D eigenvalue weighted by Gasteiger charge is 2.25. The number of rotatable bonds is 3. The van der Waals surface area contributed by atoms with Gasteiger partial charge in [-0.3, -0.25) is 0 Å². The quantitative estimate of drug-likeness (QED) is 0.689. The maximum absolute atomic E-state index is 10.8. The monoisotopic (exact) mass is 229 g/mol. The summed E-state index contributed by atoms with van der Waals surface area (Å²) in [6.45, 7) is 0.880. The first-order valence-electron chi connectivity index (χ1n) is 4.08. The molecule has 0 spiro atoms. The van der Waals surface area contributed by atoms with Crippen LogP contribution in [0.2, 0.25) is 0 Å². The summed E-state index contributed by atoms with van der Waals surface area (Å²) >= 11 is 0. The molecule has 6 heteroatoms. The summed E-state index contributed by atoms with van der Waals surface area (Å²) in [7, 11) is -3.05. The third-order valence-corrected chi connectivity index (χ3v) is 2.98. The first kappa shape index (κ1) is 13.2. The normalized spacial score (nSPS) is 25.2. The average Bonchev–Trinajstić information content (AvgIpc) is 2.32. The van der Waals surface area contributed by atoms with Gasteiger partial charge in [-0.05, 0) is 19.4 Å². The lowest BCUT2D eigenvalue weighted by Crippen LogP contribution is -2.39. The van der Waals surface area contributed by atoms with E-state index in [2.05, 4.69) is 5.32 Å². The Morgan fingerprint density at radius 3 is 2.62 bits per heavy atom. The number of aliphatic hydroxyl groups is 1. The highest BCUT2D eigenvalue weighted by atomic mass is 35.5. The summed E-state index contributed by atoms with van der Waals surface area (Å²) in [5, 5.41) is 12.5. The molecule has 0 saturated carbocycles. The second kappa shape index (κ2) is 5.14. The molecule has 0 radical (unpaired) electrons. The smallest absolute Gasteiger partial charge is 0.150 e. The molecule has 2 N–H and O–H groups in total. The molecule has 4 nitrogen and oxygen atoms in total. The van der Waals surface area contributed by atoms with E-state index in [9.17, 15) is 13.5 Å². The molecule has 1 aliphatic rings. The summed E-state index contributed by atoms with van der Waals surface area (Å²) in [6, 6.07) is -0.0280. The van der Waals surface area contributed by atoms with Crippen molar-refractivity contribution in [1.29, 1.82) is 0 Å². The van der Waals surface area contributed by atoms with E-state index in [0.717, 1.165) is 25.6 Å². The standard InChI is InChI=1S/C7H15NO3S.ClH/c1-12(10,11)5-7(9)6-3-2-4-8-6;/h6-9H,2-5H2,1H3;1H/t6-,7?;/m0./s1. The minimum Gasteiger partial charge on any atom is -0.390 e. The van der Waals surface area contributed by atoms with Crippen molar-refractivity contribution in [3.05, 3.63) is 0 Å². The molecule has 1 unspecified atom stereocenters. The van der Waals surface area contributed by atoms with Crippen LogP contribution in [0.3, 0.4) is 0 Å². The Morgan fingerprint density at radius 1 is 1.62 bits per heavy atom. The van der Waals surface area contributed by atoms with E-state index >= 15 is 0 Å². The van der Waals surface area contributed by atoms with Crippen molar-refractivity contribution in [2.75, 3.05) is 18.6 Å². The van der Waals surface area contributed by atoms with Gasteiger partial charge in [0.15, 0.2) is 0 Å². The summed E-state index contributed by atoms with van der Waals surface area (Å²) in [5.41, 5.74) is 0. The van der Waals surface area contributed by atoms with Crippen LogP contribution in [0, 0.1) is 0 Å². The van der Waals surface area contributed by atoms with Gasteiger partial charge in [-0.1, -0.05) is 0 Å².